The molecule has 1 amide bonds. The maximum Gasteiger partial charge on any atom is 0.209 e. The number of pyridine rings is 1. The van der Waals surface area contributed by atoms with Gasteiger partial charge < -0.3 is 19.3 Å². The van der Waals surface area contributed by atoms with E-state index in [9.17, 15) is 9.18 Å². The van der Waals surface area contributed by atoms with E-state index >= 15 is 4.39 Å². The van der Waals surface area contributed by atoms with Gasteiger partial charge in [-0.25, -0.2) is 8.78 Å². The second-order valence-corrected chi connectivity index (χ2v) is 10.1. The van der Waals surface area contributed by atoms with Gasteiger partial charge in [0.1, 0.15) is 11.5 Å². The second kappa shape index (κ2) is 10.8. The molecule has 3 saturated heterocycles. The smallest absolute Gasteiger partial charge is 0.209 e. The Labute approximate surface area is 201 Å². The lowest BCUT2D eigenvalue weighted by molar-refractivity contribution is -0.129. The number of carbonyl (C=O) groups is 1. The molecule has 1 aromatic heterocycles. The molecule has 5 rings (SSSR count). The maximum absolute atomic E-state index is 15.6. The van der Waals surface area contributed by atoms with E-state index in [-0.39, 0.29) is 12.8 Å². The lowest BCUT2D eigenvalue weighted by Gasteiger charge is -2.47. The van der Waals surface area contributed by atoms with Gasteiger partial charge in [-0.05, 0) is 26.2 Å². The number of anilines is 1. The second-order valence-electron chi connectivity index (χ2n) is 10.1. The van der Waals surface area contributed by atoms with E-state index in [1.165, 1.54) is 18.9 Å². The van der Waals surface area contributed by atoms with Crippen molar-refractivity contribution in [1.82, 2.24) is 14.8 Å². The first-order valence-electron chi connectivity index (χ1n) is 12.5. The fourth-order valence-corrected chi connectivity index (χ4v) is 5.94. The van der Waals surface area contributed by atoms with Gasteiger partial charge in [0.2, 0.25) is 6.41 Å². The summed E-state index contributed by atoms with van der Waals surface area (Å²) in [4.78, 5) is 21.6. The van der Waals surface area contributed by atoms with Gasteiger partial charge in [-0.3, -0.25) is 14.7 Å². The molecule has 1 aromatic rings. The van der Waals surface area contributed by atoms with Gasteiger partial charge in [0.15, 0.2) is 5.67 Å². The van der Waals surface area contributed by atoms with Gasteiger partial charge in [-0.1, -0.05) is 0 Å². The Hall–Kier alpha value is -1.84. The summed E-state index contributed by atoms with van der Waals surface area (Å²) in [6, 6.07) is 2.00. The van der Waals surface area contributed by atoms with Gasteiger partial charge in [0.25, 0.3) is 0 Å². The van der Waals surface area contributed by atoms with E-state index in [1.54, 1.807) is 7.11 Å². The first kappa shape index (κ1) is 25.3. The van der Waals surface area contributed by atoms with Crippen molar-refractivity contribution >= 4 is 12.1 Å². The van der Waals surface area contributed by atoms with E-state index in [0.717, 1.165) is 64.9 Å². The van der Waals surface area contributed by atoms with Crippen LogP contribution in [0.25, 0.3) is 0 Å². The zero-order valence-corrected chi connectivity index (χ0v) is 20.5. The number of nitrogens with zero attached hydrogens (tertiary/aromatic N) is 4. The molecular weight excluding hydrogens is 442 g/mol. The number of alkyl halides is 1. The molecule has 4 aliphatic rings. The molecule has 1 spiro atoms. The number of hydrogen-bond donors (Lipinski definition) is 0. The van der Waals surface area contributed by atoms with Crippen molar-refractivity contribution in [2.75, 3.05) is 71.1 Å². The highest BCUT2D eigenvalue weighted by molar-refractivity contribution is 5.54. The Balaban J connectivity index is 0.000000636. The van der Waals surface area contributed by atoms with Crippen LogP contribution < -0.4 is 4.90 Å². The Morgan fingerprint density at radius 1 is 1.21 bits per heavy atom. The van der Waals surface area contributed by atoms with Crippen molar-refractivity contribution in [2.24, 2.45) is 5.41 Å². The third kappa shape index (κ3) is 5.36. The number of amides is 1. The molecule has 1 unspecified atom stereocenters. The standard InChI is InChI=1S/C22H30F2N4O2.C3H8O/c23-17-11-19(20(25-13-17)22(24)3-9-30-10-4-22)28-7-5-27(6-8-28)18-1-2-21(12-18)14-26(15-21)16-29;1-3-4-2/h11,13,16,18H,1-10,12,14-15H2;3H2,1-2H3. The highest BCUT2D eigenvalue weighted by Crippen LogP contribution is 2.47. The first-order valence-corrected chi connectivity index (χ1v) is 12.5. The van der Waals surface area contributed by atoms with Crippen LogP contribution in [0.2, 0.25) is 0 Å². The molecule has 0 bridgehead atoms. The fraction of sp³-hybridized carbons (Fsp3) is 0.760. The summed E-state index contributed by atoms with van der Waals surface area (Å²) in [6.07, 6.45) is 6.13. The SMILES string of the molecule is CCOC.O=CN1CC2(CCC(N3CCN(c4cc(F)cnc4C4(F)CCOCC4)CC3)C2)C1. The molecule has 1 atom stereocenters. The van der Waals surface area contributed by atoms with Crippen LogP contribution in [0.3, 0.4) is 0 Å². The Morgan fingerprint density at radius 3 is 2.50 bits per heavy atom. The maximum atomic E-state index is 15.6. The average molecular weight is 481 g/mol. The highest BCUT2D eigenvalue weighted by Gasteiger charge is 2.49. The zero-order valence-electron chi connectivity index (χ0n) is 20.5. The minimum Gasteiger partial charge on any atom is -0.385 e. The lowest BCUT2D eigenvalue weighted by atomic mass is 9.78. The van der Waals surface area contributed by atoms with E-state index in [4.69, 9.17) is 4.74 Å². The summed E-state index contributed by atoms with van der Waals surface area (Å²) >= 11 is 0. The quantitative estimate of drug-likeness (QED) is 0.604. The van der Waals surface area contributed by atoms with Crippen molar-refractivity contribution in [3.63, 3.8) is 0 Å². The van der Waals surface area contributed by atoms with Gasteiger partial charge in [-0.2, -0.15) is 0 Å². The predicted molar refractivity (Wildman–Crippen MR) is 126 cm³/mol. The van der Waals surface area contributed by atoms with Crippen LogP contribution >= 0.6 is 0 Å². The van der Waals surface area contributed by atoms with Gasteiger partial charge in [0.05, 0.1) is 25.1 Å². The molecule has 0 N–H and O–H groups in total. The zero-order chi connectivity index (χ0) is 24.2. The summed E-state index contributed by atoms with van der Waals surface area (Å²) in [6.45, 7) is 8.57. The normalized spacial score (nSPS) is 26.1. The molecule has 4 fully saturated rings. The average Bonchev–Trinajstić information content (AvgIpc) is 3.29. The van der Waals surface area contributed by atoms with Crippen LogP contribution in [0, 0.1) is 11.2 Å². The number of likely N-dealkylation sites (tertiary alicyclic amines) is 1. The van der Waals surface area contributed by atoms with E-state index in [1.807, 2.05) is 11.8 Å². The summed E-state index contributed by atoms with van der Waals surface area (Å²) < 4.78 is 39.5. The molecule has 0 aromatic carbocycles. The van der Waals surface area contributed by atoms with Crippen LogP contribution in [0.4, 0.5) is 14.5 Å². The molecule has 0 radical (unpaired) electrons. The monoisotopic (exact) mass is 480 g/mol. The molecule has 1 aliphatic carbocycles. The number of ether oxygens (including phenoxy) is 2. The van der Waals surface area contributed by atoms with Gasteiger partial charge in [-0.15, -0.1) is 0 Å². The van der Waals surface area contributed by atoms with E-state index < -0.39 is 11.5 Å². The van der Waals surface area contributed by atoms with Gasteiger partial charge >= 0.3 is 0 Å². The molecule has 190 valence electrons. The summed E-state index contributed by atoms with van der Waals surface area (Å²) in [7, 11) is 1.68. The molecule has 4 heterocycles. The Kier molecular flexibility index (Phi) is 8.05. The van der Waals surface area contributed by atoms with E-state index in [0.29, 0.717) is 36.1 Å². The van der Waals surface area contributed by atoms with Crippen LogP contribution in [0.15, 0.2) is 12.3 Å². The van der Waals surface area contributed by atoms with Crippen LogP contribution in [0.1, 0.15) is 44.7 Å². The van der Waals surface area contributed by atoms with Crippen LogP contribution in [-0.4, -0.2) is 93.4 Å². The molecule has 34 heavy (non-hydrogen) atoms. The molecule has 1 saturated carbocycles. The molecule has 9 heteroatoms. The van der Waals surface area contributed by atoms with Crippen molar-refractivity contribution in [3.05, 3.63) is 23.8 Å². The van der Waals surface area contributed by atoms with Crippen molar-refractivity contribution in [1.29, 1.82) is 0 Å². The summed E-state index contributed by atoms with van der Waals surface area (Å²) in [5.41, 5.74) is -0.261. The summed E-state index contributed by atoms with van der Waals surface area (Å²) in [5, 5.41) is 0. The molecular formula is C25H38F2N4O3. The van der Waals surface area contributed by atoms with Crippen LogP contribution in [0.5, 0.6) is 0 Å². The first-order chi connectivity index (χ1) is 16.4. The number of piperazine rings is 1. The topological polar surface area (TPSA) is 58.1 Å². The lowest BCUT2D eigenvalue weighted by Crippen LogP contribution is -2.55. The van der Waals surface area contributed by atoms with Crippen molar-refractivity contribution in [3.8, 4) is 0 Å². The van der Waals surface area contributed by atoms with Crippen molar-refractivity contribution < 1.29 is 23.0 Å². The minimum absolute atomic E-state index is 0.264. The number of carbonyl (C=O) groups excluding carboxylic acids is 1. The fourth-order valence-electron chi connectivity index (χ4n) is 5.94. The molecule has 3 aliphatic heterocycles. The summed E-state index contributed by atoms with van der Waals surface area (Å²) in [5.74, 6) is -0.422. The van der Waals surface area contributed by atoms with Crippen molar-refractivity contribution in [2.45, 2.75) is 50.7 Å². The largest absolute Gasteiger partial charge is 0.385 e. The number of methoxy groups -OCH3 is 1. The highest BCUT2D eigenvalue weighted by atomic mass is 19.1. The van der Waals surface area contributed by atoms with Crippen LogP contribution in [-0.2, 0) is 19.9 Å². The van der Waals surface area contributed by atoms with E-state index in [2.05, 4.69) is 19.5 Å². The number of hydrogen-bond acceptors (Lipinski definition) is 6. The Bertz CT molecular complexity index is 820. The Morgan fingerprint density at radius 2 is 1.88 bits per heavy atom. The number of aromatic nitrogens is 1. The number of rotatable bonds is 5. The third-order valence-corrected chi connectivity index (χ3v) is 7.91. The van der Waals surface area contributed by atoms with Gasteiger partial charge in [0, 0.05) is 83.4 Å². The predicted octanol–water partition coefficient (Wildman–Crippen LogP) is 2.98. The molecule has 7 nitrogen and oxygen atoms in total. The number of halogens is 2. The minimum atomic E-state index is -1.55. The third-order valence-electron chi connectivity index (χ3n) is 7.91.